The second kappa shape index (κ2) is 5.38. The van der Waals surface area contributed by atoms with Crippen molar-refractivity contribution in [2.45, 2.75) is 4.90 Å². The van der Waals surface area contributed by atoms with Gasteiger partial charge in [-0.25, -0.2) is 17.2 Å². The van der Waals surface area contributed by atoms with E-state index in [1.807, 2.05) is 0 Å². The third kappa shape index (κ3) is 3.09. The fourth-order valence-electron chi connectivity index (χ4n) is 1.62. The topological polar surface area (TPSA) is 96.0 Å². The van der Waals surface area contributed by atoms with Crippen LogP contribution in [0.4, 0.5) is 20.2 Å². The molecule has 21 heavy (non-hydrogen) atoms. The highest BCUT2D eigenvalue weighted by molar-refractivity contribution is 7.92. The molecule has 0 aliphatic heterocycles. The molecule has 0 radical (unpaired) electrons. The molecule has 108 valence electrons. The van der Waals surface area contributed by atoms with E-state index in [-0.39, 0.29) is 16.9 Å². The summed E-state index contributed by atoms with van der Waals surface area (Å²) >= 11 is 0. The molecule has 0 amide bonds. The molecule has 0 saturated heterocycles. The summed E-state index contributed by atoms with van der Waals surface area (Å²) in [5.41, 5.74) is 5.05. The number of anilines is 2. The summed E-state index contributed by atoms with van der Waals surface area (Å²) in [6.45, 7) is 0. The van der Waals surface area contributed by atoms with Crippen LogP contribution in [-0.4, -0.2) is 8.42 Å². The Morgan fingerprint density at radius 1 is 1.10 bits per heavy atom. The smallest absolute Gasteiger partial charge is 0.264 e. The lowest BCUT2D eigenvalue weighted by Gasteiger charge is -2.09. The van der Waals surface area contributed by atoms with E-state index in [4.69, 9.17) is 11.0 Å². The van der Waals surface area contributed by atoms with Crippen molar-refractivity contribution >= 4 is 21.4 Å². The van der Waals surface area contributed by atoms with Crippen LogP contribution >= 0.6 is 0 Å². The van der Waals surface area contributed by atoms with Crippen LogP contribution in [0.25, 0.3) is 0 Å². The number of nitrogens with two attached hydrogens (primary N) is 1. The number of hydrogen-bond acceptors (Lipinski definition) is 4. The Balaban J connectivity index is 2.40. The van der Waals surface area contributed by atoms with Gasteiger partial charge in [0.2, 0.25) is 0 Å². The van der Waals surface area contributed by atoms with E-state index < -0.39 is 26.6 Å². The van der Waals surface area contributed by atoms with Gasteiger partial charge >= 0.3 is 0 Å². The van der Waals surface area contributed by atoms with Gasteiger partial charge in [0, 0.05) is 5.69 Å². The fraction of sp³-hybridized carbons (Fsp3) is 0. The van der Waals surface area contributed by atoms with Crippen LogP contribution in [0.3, 0.4) is 0 Å². The average Bonchev–Trinajstić information content (AvgIpc) is 2.40. The number of benzene rings is 2. The standard InChI is InChI=1S/C13H9F2N3O2S/c14-11-3-2-10(5-8(11)7-16)18-21(19,20)13-4-1-9(17)6-12(13)15/h1-6,18H,17H2. The van der Waals surface area contributed by atoms with Gasteiger partial charge in [-0.05, 0) is 36.4 Å². The van der Waals surface area contributed by atoms with E-state index >= 15 is 0 Å². The molecule has 5 nitrogen and oxygen atoms in total. The summed E-state index contributed by atoms with van der Waals surface area (Å²) < 4.78 is 53.0. The van der Waals surface area contributed by atoms with Crippen LogP contribution in [-0.2, 0) is 10.0 Å². The third-order valence-electron chi connectivity index (χ3n) is 2.58. The van der Waals surface area contributed by atoms with Crippen LogP contribution in [0.5, 0.6) is 0 Å². The predicted molar refractivity (Wildman–Crippen MR) is 72.7 cm³/mol. The van der Waals surface area contributed by atoms with E-state index in [9.17, 15) is 17.2 Å². The third-order valence-corrected chi connectivity index (χ3v) is 4.00. The molecule has 2 rings (SSSR count). The molecule has 0 aliphatic carbocycles. The number of halogens is 2. The monoisotopic (exact) mass is 309 g/mol. The van der Waals surface area contributed by atoms with Crippen molar-refractivity contribution < 1.29 is 17.2 Å². The van der Waals surface area contributed by atoms with Crippen LogP contribution in [0.2, 0.25) is 0 Å². The highest BCUT2D eigenvalue weighted by atomic mass is 32.2. The Hall–Kier alpha value is -2.66. The normalized spacial score (nSPS) is 10.9. The van der Waals surface area contributed by atoms with Crippen LogP contribution < -0.4 is 10.5 Å². The molecule has 0 fully saturated rings. The number of nitrogens with zero attached hydrogens (tertiary/aromatic N) is 1. The van der Waals surface area contributed by atoms with Crippen molar-refractivity contribution in [1.82, 2.24) is 0 Å². The number of sulfonamides is 1. The van der Waals surface area contributed by atoms with E-state index in [0.717, 1.165) is 30.3 Å². The summed E-state index contributed by atoms with van der Waals surface area (Å²) in [4.78, 5) is -0.598. The molecule has 0 aromatic heterocycles. The summed E-state index contributed by atoms with van der Waals surface area (Å²) in [7, 11) is -4.21. The van der Waals surface area contributed by atoms with Crippen molar-refractivity contribution in [2.75, 3.05) is 10.5 Å². The first-order chi connectivity index (χ1) is 9.83. The largest absolute Gasteiger partial charge is 0.399 e. The number of nitrogens with one attached hydrogen (secondary N) is 1. The lowest BCUT2D eigenvalue weighted by atomic mass is 10.2. The molecule has 0 heterocycles. The van der Waals surface area contributed by atoms with E-state index in [0.29, 0.717) is 0 Å². The molecule has 0 saturated carbocycles. The van der Waals surface area contributed by atoms with Crippen molar-refractivity contribution in [3.8, 4) is 6.07 Å². The highest BCUT2D eigenvalue weighted by Gasteiger charge is 2.19. The molecule has 0 bridgehead atoms. The van der Waals surface area contributed by atoms with Gasteiger partial charge < -0.3 is 5.73 Å². The predicted octanol–water partition coefficient (Wildman–Crippen LogP) is 2.22. The first-order valence-electron chi connectivity index (χ1n) is 5.61. The maximum atomic E-state index is 13.6. The zero-order chi connectivity index (χ0) is 15.6. The Bertz CT molecular complexity index is 845. The Morgan fingerprint density at radius 3 is 2.43 bits per heavy atom. The van der Waals surface area contributed by atoms with Crippen molar-refractivity contribution in [1.29, 1.82) is 5.26 Å². The molecule has 2 aromatic rings. The minimum atomic E-state index is -4.21. The van der Waals surface area contributed by atoms with Crippen molar-refractivity contribution in [2.24, 2.45) is 0 Å². The van der Waals surface area contributed by atoms with Crippen molar-refractivity contribution in [3.63, 3.8) is 0 Å². The van der Waals surface area contributed by atoms with Crippen LogP contribution in [0, 0.1) is 23.0 Å². The molecule has 3 N–H and O–H groups in total. The quantitative estimate of drug-likeness (QED) is 0.850. The van der Waals surface area contributed by atoms with Gasteiger partial charge in [-0.3, -0.25) is 4.72 Å². The number of rotatable bonds is 3. The van der Waals surface area contributed by atoms with Crippen LogP contribution in [0.1, 0.15) is 5.56 Å². The molecule has 2 aromatic carbocycles. The molecule has 0 spiro atoms. The Morgan fingerprint density at radius 2 is 1.81 bits per heavy atom. The number of hydrogen-bond donors (Lipinski definition) is 2. The second-order valence-electron chi connectivity index (χ2n) is 4.10. The van der Waals surface area contributed by atoms with E-state index in [1.54, 1.807) is 6.07 Å². The molecule has 0 unspecified atom stereocenters. The number of nitrogen functional groups attached to an aromatic ring is 1. The van der Waals surface area contributed by atoms with E-state index in [1.165, 1.54) is 6.07 Å². The summed E-state index contributed by atoms with van der Waals surface area (Å²) in [5, 5.41) is 8.69. The van der Waals surface area contributed by atoms with Crippen molar-refractivity contribution in [3.05, 3.63) is 53.6 Å². The zero-order valence-corrected chi connectivity index (χ0v) is 11.3. The Labute approximate surface area is 119 Å². The Kier molecular flexibility index (Phi) is 3.78. The first kappa shape index (κ1) is 14.7. The average molecular weight is 309 g/mol. The van der Waals surface area contributed by atoms with Gasteiger partial charge in [0.1, 0.15) is 22.6 Å². The number of nitriles is 1. The van der Waals surface area contributed by atoms with E-state index in [2.05, 4.69) is 4.72 Å². The second-order valence-corrected chi connectivity index (χ2v) is 5.75. The fourth-order valence-corrected chi connectivity index (χ4v) is 2.73. The maximum Gasteiger partial charge on any atom is 0.264 e. The maximum absolute atomic E-state index is 13.6. The molecule has 0 aliphatic rings. The molecular weight excluding hydrogens is 300 g/mol. The molecule has 0 atom stereocenters. The summed E-state index contributed by atoms with van der Waals surface area (Å²) in [6, 6.07) is 7.79. The van der Waals surface area contributed by atoms with Gasteiger partial charge in [0.05, 0.1) is 11.3 Å². The van der Waals surface area contributed by atoms with Gasteiger partial charge in [-0.1, -0.05) is 0 Å². The summed E-state index contributed by atoms with van der Waals surface area (Å²) in [5.74, 6) is -1.79. The summed E-state index contributed by atoms with van der Waals surface area (Å²) in [6.07, 6.45) is 0. The van der Waals surface area contributed by atoms with Crippen LogP contribution in [0.15, 0.2) is 41.3 Å². The minimum absolute atomic E-state index is 0.0517. The lowest BCUT2D eigenvalue weighted by molar-refractivity contribution is 0.570. The van der Waals surface area contributed by atoms with Gasteiger partial charge in [-0.2, -0.15) is 5.26 Å². The molecule has 8 heteroatoms. The van der Waals surface area contributed by atoms with Gasteiger partial charge in [-0.15, -0.1) is 0 Å². The zero-order valence-electron chi connectivity index (χ0n) is 10.5. The van der Waals surface area contributed by atoms with Gasteiger partial charge in [0.25, 0.3) is 10.0 Å². The molecular formula is C13H9F2N3O2S. The lowest BCUT2D eigenvalue weighted by Crippen LogP contribution is -2.15. The first-order valence-corrected chi connectivity index (χ1v) is 7.09. The minimum Gasteiger partial charge on any atom is -0.399 e. The SMILES string of the molecule is N#Cc1cc(NS(=O)(=O)c2ccc(N)cc2F)ccc1F. The van der Waals surface area contributed by atoms with Gasteiger partial charge in [0.15, 0.2) is 0 Å². The highest BCUT2D eigenvalue weighted by Crippen LogP contribution is 2.22.